The zero-order valence-electron chi connectivity index (χ0n) is 15.1. The van der Waals surface area contributed by atoms with E-state index in [9.17, 15) is 14.9 Å². The molecule has 0 radical (unpaired) electrons. The van der Waals surface area contributed by atoms with Crippen LogP contribution in [-0.2, 0) is 0 Å². The molecule has 27 heavy (non-hydrogen) atoms. The van der Waals surface area contributed by atoms with Crippen molar-refractivity contribution in [3.05, 3.63) is 64.2 Å². The average Bonchev–Trinajstić information content (AvgIpc) is 2.62. The van der Waals surface area contributed by atoms with Crippen molar-refractivity contribution in [3.8, 4) is 5.75 Å². The predicted octanol–water partition coefficient (Wildman–Crippen LogP) is 4.15. The van der Waals surface area contributed by atoms with Crippen molar-refractivity contribution in [1.82, 2.24) is 5.32 Å². The smallest absolute Gasteiger partial charge is 0.269 e. The highest BCUT2D eigenvalue weighted by molar-refractivity contribution is 7.80. The van der Waals surface area contributed by atoms with E-state index in [4.69, 9.17) is 17.0 Å². The van der Waals surface area contributed by atoms with E-state index in [0.717, 1.165) is 6.42 Å². The lowest BCUT2D eigenvalue weighted by Gasteiger charge is -2.10. The number of hydrogen-bond acceptors (Lipinski definition) is 5. The van der Waals surface area contributed by atoms with Gasteiger partial charge in [-0.1, -0.05) is 13.8 Å². The molecule has 8 heteroatoms. The Hall–Kier alpha value is -3.00. The van der Waals surface area contributed by atoms with Crippen LogP contribution in [0.25, 0.3) is 0 Å². The molecule has 2 N–H and O–H groups in total. The van der Waals surface area contributed by atoms with Gasteiger partial charge in [0.05, 0.1) is 11.5 Å². The molecule has 1 amide bonds. The minimum atomic E-state index is -0.486. The molecule has 0 aromatic heterocycles. The first-order valence-corrected chi connectivity index (χ1v) is 8.85. The van der Waals surface area contributed by atoms with Crippen molar-refractivity contribution in [2.45, 2.75) is 20.3 Å². The number of carbonyl (C=O) groups is 1. The van der Waals surface area contributed by atoms with Gasteiger partial charge in [0.2, 0.25) is 0 Å². The normalized spacial score (nSPS) is 10.3. The molecule has 0 aliphatic rings. The van der Waals surface area contributed by atoms with Gasteiger partial charge >= 0.3 is 0 Å². The molecular formula is C19H21N3O4S. The molecule has 0 saturated carbocycles. The Morgan fingerprint density at radius 2 is 1.78 bits per heavy atom. The van der Waals surface area contributed by atoms with Crippen molar-refractivity contribution in [1.29, 1.82) is 0 Å². The second-order valence-corrected chi connectivity index (χ2v) is 6.68. The van der Waals surface area contributed by atoms with Gasteiger partial charge in [-0.05, 0) is 61.0 Å². The van der Waals surface area contributed by atoms with Crippen molar-refractivity contribution >= 4 is 34.6 Å². The van der Waals surface area contributed by atoms with Crippen LogP contribution >= 0.6 is 12.2 Å². The van der Waals surface area contributed by atoms with Crippen LogP contribution in [-0.4, -0.2) is 22.5 Å². The van der Waals surface area contributed by atoms with Crippen LogP contribution in [0.2, 0.25) is 0 Å². The lowest BCUT2D eigenvalue weighted by molar-refractivity contribution is -0.384. The molecule has 2 aromatic rings. The van der Waals surface area contributed by atoms with Gasteiger partial charge < -0.3 is 10.1 Å². The zero-order valence-corrected chi connectivity index (χ0v) is 15.9. The van der Waals surface area contributed by atoms with Crippen molar-refractivity contribution in [3.63, 3.8) is 0 Å². The van der Waals surface area contributed by atoms with Crippen LogP contribution in [0.1, 0.15) is 30.6 Å². The van der Waals surface area contributed by atoms with Crippen LogP contribution in [0.3, 0.4) is 0 Å². The molecule has 0 fully saturated rings. The monoisotopic (exact) mass is 387 g/mol. The summed E-state index contributed by atoms with van der Waals surface area (Å²) in [4.78, 5) is 22.4. The Kier molecular flexibility index (Phi) is 7.25. The molecule has 7 nitrogen and oxygen atoms in total. The molecule has 0 atom stereocenters. The highest BCUT2D eigenvalue weighted by atomic mass is 32.1. The van der Waals surface area contributed by atoms with E-state index in [1.807, 2.05) is 0 Å². The molecule has 0 aliphatic heterocycles. The predicted molar refractivity (Wildman–Crippen MR) is 108 cm³/mol. The van der Waals surface area contributed by atoms with Gasteiger partial charge in [0.15, 0.2) is 5.11 Å². The summed E-state index contributed by atoms with van der Waals surface area (Å²) in [5.74, 6) is 0.918. The number of hydrogen-bond donors (Lipinski definition) is 2. The van der Waals surface area contributed by atoms with E-state index in [1.165, 1.54) is 24.3 Å². The maximum absolute atomic E-state index is 12.2. The van der Waals surface area contributed by atoms with Gasteiger partial charge in [-0.25, -0.2) is 0 Å². The van der Waals surface area contributed by atoms with Crippen molar-refractivity contribution < 1.29 is 14.5 Å². The summed E-state index contributed by atoms with van der Waals surface area (Å²) in [5.41, 5.74) is 0.963. The largest absolute Gasteiger partial charge is 0.494 e. The molecule has 2 rings (SSSR count). The quantitative estimate of drug-likeness (QED) is 0.421. The minimum Gasteiger partial charge on any atom is -0.494 e. The summed E-state index contributed by atoms with van der Waals surface area (Å²) in [5, 5.41) is 16.1. The number of amides is 1. The van der Waals surface area contributed by atoms with E-state index in [2.05, 4.69) is 24.5 Å². The van der Waals surface area contributed by atoms with E-state index >= 15 is 0 Å². The molecule has 142 valence electrons. The number of nitro groups is 1. The third kappa shape index (κ3) is 6.67. The zero-order chi connectivity index (χ0) is 19.8. The lowest BCUT2D eigenvalue weighted by atomic mass is 10.1. The summed E-state index contributed by atoms with van der Waals surface area (Å²) in [7, 11) is 0. The number of nitro benzene ring substituents is 1. The molecule has 0 aliphatic carbocycles. The summed E-state index contributed by atoms with van der Waals surface area (Å²) in [6.45, 7) is 4.89. The molecule has 0 heterocycles. The number of rotatable bonds is 7. The number of nitrogens with one attached hydrogen (secondary N) is 2. The SMILES string of the molecule is CC(C)CCOc1ccc(C(=O)NC(=S)Nc2ccc([N+](=O)[O-])cc2)cc1. The number of non-ortho nitro benzene ring substituents is 1. The second kappa shape index (κ2) is 9.63. The van der Waals surface area contributed by atoms with Crippen LogP contribution in [0, 0.1) is 16.0 Å². The fourth-order valence-corrected chi connectivity index (χ4v) is 2.33. The van der Waals surface area contributed by atoms with Gasteiger partial charge in [-0.3, -0.25) is 20.2 Å². The summed E-state index contributed by atoms with van der Waals surface area (Å²) in [6.07, 6.45) is 0.963. The highest BCUT2D eigenvalue weighted by Gasteiger charge is 2.09. The summed E-state index contributed by atoms with van der Waals surface area (Å²) < 4.78 is 5.62. The molecule has 0 bridgehead atoms. The van der Waals surface area contributed by atoms with E-state index in [0.29, 0.717) is 29.5 Å². The number of ether oxygens (including phenoxy) is 1. The molecule has 2 aromatic carbocycles. The number of benzene rings is 2. The molecular weight excluding hydrogens is 366 g/mol. The lowest BCUT2D eigenvalue weighted by Crippen LogP contribution is -2.34. The van der Waals surface area contributed by atoms with Crippen LogP contribution in [0.5, 0.6) is 5.75 Å². The first-order valence-electron chi connectivity index (χ1n) is 8.45. The maximum Gasteiger partial charge on any atom is 0.269 e. The second-order valence-electron chi connectivity index (χ2n) is 6.27. The third-order valence-electron chi connectivity index (χ3n) is 3.64. The summed E-state index contributed by atoms with van der Waals surface area (Å²) in [6, 6.07) is 12.5. The van der Waals surface area contributed by atoms with E-state index in [-0.39, 0.29) is 16.7 Å². The molecule has 0 spiro atoms. The number of anilines is 1. The topological polar surface area (TPSA) is 93.5 Å². The van der Waals surface area contributed by atoms with Crippen LogP contribution < -0.4 is 15.4 Å². The fourth-order valence-electron chi connectivity index (χ4n) is 2.12. The van der Waals surface area contributed by atoms with Gasteiger partial charge in [0, 0.05) is 23.4 Å². The Bertz CT molecular complexity index is 805. The van der Waals surface area contributed by atoms with Crippen LogP contribution in [0.4, 0.5) is 11.4 Å². The molecule has 0 unspecified atom stereocenters. The Morgan fingerprint density at radius 1 is 1.15 bits per heavy atom. The Morgan fingerprint density at radius 3 is 2.33 bits per heavy atom. The van der Waals surface area contributed by atoms with Gasteiger partial charge in [0.25, 0.3) is 11.6 Å². The Labute approximate surface area is 162 Å². The summed E-state index contributed by atoms with van der Waals surface area (Å²) >= 11 is 5.10. The minimum absolute atomic E-state index is 0.0220. The number of carbonyl (C=O) groups excluding carboxylic acids is 1. The molecule has 0 saturated heterocycles. The van der Waals surface area contributed by atoms with E-state index < -0.39 is 4.92 Å². The number of thiocarbonyl (C=S) groups is 1. The third-order valence-corrected chi connectivity index (χ3v) is 3.85. The first-order chi connectivity index (χ1) is 12.8. The highest BCUT2D eigenvalue weighted by Crippen LogP contribution is 2.16. The van der Waals surface area contributed by atoms with Crippen LogP contribution in [0.15, 0.2) is 48.5 Å². The van der Waals surface area contributed by atoms with Gasteiger partial charge in [0.1, 0.15) is 5.75 Å². The standard InChI is InChI=1S/C19H21N3O4S/c1-13(2)11-12-26-17-9-3-14(4-10-17)18(23)21-19(27)20-15-5-7-16(8-6-15)22(24)25/h3-10,13H,11-12H2,1-2H3,(H2,20,21,23,27). The van der Waals surface area contributed by atoms with E-state index in [1.54, 1.807) is 24.3 Å². The first kappa shape index (κ1) is 20.3. The fraction of sp³-hybridized carbons (Fsp3) is 0.263. The van der Waals surface area contributed by atoms with Crippen molar-refractivity contribution in [2.75, 3.05) is 11.9 Å². The number of nitrogens with zero attached hydrogens (tertiary/aromatic N) is 1. The van der Waals surface area contributed by atoms with Gasteiger partial charge in [-0.2, -0.15) is 0 Å². The van der Waals surface area contributed by atoms with Crippen molar-refractivity contribution in [2.24, 2.45) is 5.92 Å². The maximum atomic E-state index is 12.2. The Balaban J connectivity index is 1.86. The van der Waals surface area contributed by atoms with Gasteiger partial charge in [-0.15, -0.1) is 0 Å². The average molecular weight is 387 g/mol.